The third-order valence-electron chi connectivity index (χ3n) is 2.29. The van der Waals surface area contributed by atoms with E-state index in [1.54, 1.807) is 24.3 Å². The summed E-state index contributed by atoms with van der Waals surface area (Å²) in [5.41, 5.74) is 5.89. The molecule has 0 amide bonds. The van der Waals surface area contributed by atoms with Gasteiger partial charge in [-0.3, -0.25) is 4.79 Å². The summed E-state index contributed by atoms with van der Waals surface area (Å²) in [5, 5.41) is 18.5. The van der Waals surface area contributed by atoms with Crippen molar-refractivity contribution in [1.29, 1.82) is 0 Å². The van der Waals surface area contributed by atoms with Crippen molar-refractivity contribution < 1.29 is 19.7 Å². The Kier molecular flexibility index (Phi) is 4.28. The third kappa shape index (κ3) is 2.95. The standard InChI is InChI=1S/C11H15NO4/c1-16-10-5-3-2-4-7(10)9(13)6-8(12)11(14)15/h2-5,8-9,13H,6,12H2,1H3,(H,14,15)/t8-,9+/m0/s1. The van der Waals surface area contributed by atoms with Gasteiger partial charge in [-0.05, 0) is 6.07 Å². The van der Waals surface area contributed by atoms with Gasteiger partial charge in [-0.25, -0.2) is 0 Å². The van der Waals surface area contributed by atoms with Gasteiger partial charge < -0.3 is 20.7 Å². The van der Waals surface area contributed by atoms with E-state index in [0.717, 1.165) is 0 Å². The number of nitrogens with two attached hydrogens (primary N) is 1. The van der Waals surface area contributed by atoms with Gasteiger partial charge in [0.1, 0.15) is 11.8 Å². The molecule has 0 saturated carbocycles. The van der Waals surface area contributed by atoms with Gasteiger partial charge in [0.05, 0.1) is 13.2 Å². The molecule has 0 spiro atoms. The number of hydrogen-bond acceptors (Lipinski definition) is 4. The van der Waals surface area contributed by atoms with E-state index in [-0.39, 0.29) is 6.42 Å². The van der Waals surface area contributed by atoms with Crippen LogP contribution in [0.2, 0.25) is 0 Å². The first kappa shape index (κ1) is 12.5. The van der Waals surface area contributed by atoms with Crippen molar-refractivity contribution in [1.82, 2.24) is 0 Å². The lowest BCUT2D eigenvalue weighted by Crippen LogP contribution is -2.31. The van der Waals surface area contributed by atoms with E-state index in [1.165, 1.54) is 7.11 Å². The van der Waals surface area contributed by atoms with Crippen molar-refractivity contribution in [2.24, 2.45) is 5.73 Å². The number of benzene rings is 1. The fourth-order valence-corrected chi connectivity index (χ4v) is 1.41. The van der Waals surface area contributed by atoms with E-state index >= 15 is 0 Å². The number of para-hydroxylation sites is 1. The van der Waals surface area contributed by atoms with Gasteiger partial charge in [0.15, 0.2) is 0 Å². The zero-order valence-electron chi connectivity index (χ0n) is 8.96. The van der Waals surface area contributed by atoms with Gasteiger partial charge in [0.2, 0.25) is 0 Å². The molecule has 0 radical (unpaired) electrons. The molecule has 16 heavy (non-hydrogen) atoms. The first-order valence-electron chi connectivity index (χ1n) is 4.85. The van der Waals surface area contributed by atoms with Crippen LogP contribution in [0.3, 0.4) is 0 Å². The summed E-state index contributed by atoms with van der Waals surface area (Å²) in [6.07, 6.45) is -0.988. The number of ether oxygens (including phenoxy) is 1. The molecule has 2 atom stereocenters. The summed E-state index contributed by atoms with van der Waals surface area (Å²) in [4.78, 5) is 10.6. The second kappa shape index (κ2) is 5.48. The number of carboxylic acid groups (broad SMARTS) is 1. The van der Waals surface area contributed by atoms with E-state index in [1.807, 2.05) is 0 Å². The summed E-state index contributed by atoms with van der Waals surface area (Å²) >= 11 is 0. The zero-order valence-corrected chi connectivity index (χ0v) is 8.96. The third-order valence-corrected chi connectivity index (χ3v) is 2.29. The predicted molar refractivity (Wildman–Crippen MR) is 58.2 cm³/mol. The van der Waals surface area contributed by atoms with Crippen LogP contribution in [0.4, 0.5) is 0 Å². The van der Waals surface area contributed by atoms with Crippen molar-refractivity contribution >= 4 is 5.97 Å². The van der Waals surface area contributed by atoms with Crippen LogP contribution in [0.15, 0.2) is 24.3 Å². The van der Waals surface area contributed by atoms with Gasteiger partial charge in [-0.1, -0.05) is 18.2 Å². The average molecular weight is 225 g/mol. The lowest BCUT2D eigenvalue weighted by molar-refractivity contribution is -0.139. The Bertz CT molecular complexity index is 367. The SMILES string of the molecule is COc1ccccc1[C@H](O)C[C@H](N)C(=O)O. The van der Waals surface area contributed by atoms with Crippen LogP contribution in [0.5, 0.6) is 5.75 Å². The molecule has 1 rings (SSSR count). The molecule has 0 saturated heterocycles. The number of methoxy groups -OCH3 is 1. The number of aliphatic hydroxyl groups excluding tert-OH is 1. The molecule has 1 aromatic carbocycles. The van der Waals surface area contributed by atoms with Crippen LogP contribution < -0.4 is 10.5 Å². The fourth-order valence-electron chi connectivity index (χ4n) is 1.41. The molecule has 88 valence electrons. The molecule has 0 aromatic heterocycles. The van der Waals surface area contributed by atoms with E-state index in [2.05, 4.69) is 0 Å². The van der Waals surface area contributed by atoms with Crippen LogP contribution >= 0.6 is 0 Å². The quantitative estimate of drug-likeness (QED) is 0.679. The van der Waals surface area contributed by atoms with Gasteiger partial charge >= 0.3 is 5.97 Å². The molecule has 0 unspecified atom stereocenters. The second-order valence-electron chi connectivity index (χ2n) is 3.44. The maximum Gasteiger partial charge on any atom is 0.320 e. The molecule has 0 aliphatic rings. The first-order chi connectivity index (χ1) is 7.56. The van der Waals surface area contributed by atoms with E-state index in [9.17, 15) is 9.90 Å². The normalized spacial score (nSPS) is 14.2. The summed E-state index contributed by atoms with van der Waals surface area (Å²) < 4.78 is 5.06. The zero-order chi connectivity index (χ0) is 12.1. The molecular weight excluding hydrogens is 210 g/mol. The number of aliphatic carboxylic acids is 1. The summed E-state index contributed by atoms with van der Waals surface area (Å²) in [6.45, 7) is 0. The summed E-state index contributed by atoms with van der Waals surface area (Å²) in [7, 11) is 1.49. The maximum absolute atomic E-state index is 10.6. The Morgan fingerprint density at radius 1 is 1.50 bits per heavy atom. The lowest BCUT2D eigenvalue weighted by Gasteiger charge is -2.16. The molecule has 0 aliphatic carbocycles. The van der Waals surface area contributed by atoms with E-state index < -0.39 is 18.1 Å². The highest BCUT2D eigenvalue weighted by Crippen LogP contribution is 2.27. The number of hydrogen-bond donors (Lipinski definition) is 3. The Balaban J connectivity index is 2.79. The van der Waals surface area contributed by atoms with E-state index in [4.69, 9.17) is 15.6 Å². The highest BCUT2D eigenvalue weighted by atomic mass is 16.5. The highest BCUT2D eigenvalue weighted by Gasteiger charge is 2.20. The first-order valence-corrected chi connectivity index (χ1v) is 4.85. The number of carbonyl (C=O) groups is 1. The summed E-state index contributed by atoms with van der Waals surface area (Å²) in [5.74, 6) is -0.610. The van der Waals surface area contributed by atoms with Crippen molar-refractivity contribution in [3.8, 4) is 5.75 Å². The van der Waals surface area contributed by atoms with Crippen LogP contribution in [-0.4, -0.2) is 29.3 Å². The smallest absolute Gasteiger partial charge is 0.320 e. The largest absolute Gasteiger partial charge is 0.496 e. The van der Waals surface area contributed by atoms with Gasteiger partial charge in [0.25, 0.3) is 0 Å². The highest BCUT2D eigenvalue weighted by molar-refractivity contribution is 5.73. The van der Waals surface area contributed by atoms with Gasteiger partial charge in [-0.2, -0.15) is 0 Å². The Labute approximate surface area is 93.5 Å². The second-order valence-corrected chi connectivity index (χ2v) is 3.44. The Hall–Kier alpha value is -1.59. The summed E-state index contributed by atoms with van der Waals surface area (Å²) in [6, 6.07) is 5.81. The number of carboxylic acids is 1. The minimum Gasteiger partial charge on any atom is -0.496 e. The molecule has 5 nitrogen and oxygen atoms in total. The van der Waals surface area contributed by atoms with Crippen LogP contribution in [0, 0.1) is 0 Å². The van der Waals surface area contributed by atoms with Gasteiger partial charge in [0, 0.05) is 12.0 Å². The van der Waals surface area contributed by atoms with Crippen molar-refractivity contribution in [2.75, 3.05) is 7.11 Å². The predicted octanol–water partition coefficient (Wildman–Crippen LogP) is 0.531. The number of rotatable bonds is 5. The van der Waals surface area contributed by atoms with E-state index in [0.29, 0.717) is 11.3 Å². The molecular formula is C11H15NO4. The van der Waals surface area contributed by atoms with Crippen LogP contribution in [0.25, 0.3) is 0 Å². The minimum atomic E-state index is -1.13. The maximum atomic E-state index is 10.6. The Morgan fingerprint density at radius 3 is 2.69 bits per heavy atom. The van der Waals surface area contributed by atoms with Crippen LogP contribution in [0.1, 0.15) is 18.1 Å². The molecule has 4 N–H and O–H groups in total. The lowest BCUT2D eigenvalue weighted by atomic mass is 10.0. The Morgan fingerprint density at radius 2 is 2.12 bits per heavy atom. The van der Waals surface area contributed by atoms with Crippen molar-refractivity contribution in [3.63, 3.8) is 0 Å². The van der Waals surface area contributed by atoms with Crippen molar-refractivity contribution in [3.05, 3.63) is 29.8 Å². The molecule has 5 heteroatoms. The minimum absolute atomic E-state index is 0.0459. The van der Waals surface area contributed by atoms with Gasteiger partial charge in [-0.15, -0.1) is 0 Å². The fraction of sp³-hybridized carbons (Fsp3) is 0.364. The molecule has 0 fully saturated rings. The van der Waals surface area contributed by atoms with Crippen LogP contribution in [-0.2, 0) is 4.79 Å². The topological polar surface area (TPSA) is 92.8 Å². The molecule has 0 bridgehead atoms. The monoisotopic (exact) mass is 225 g/mol. The van der Waals surface area contributed by atoms with Crippen molar-refractivity contribution in [2.45, 2.75) is 18.6 Å². The molecule has 0 heterocycles. The molecule has 1 aromatic rings. The average Bonchev–Trinajstić information content (AvgIpc) is 2.28. The molecule has 0 aliphatic heterocycles. The number of aliphatic hydroxyl groups is 1.